The van der Waals surface area contributed by atoms with Crippen molar-refractivity contribution in [3.05, 3.63) is 0 Å². The van der Waals surface area contributed by atoms with Crippen molar-refractivity contribution in [2.75, 3.05) is 0 Å². The molecule has 10 heavy (non-hydrogen) atoms. The van der Waals surface area contributed by atoms with Gasteiger partial charge in [-0.2, -0.15) is 0 Å². The summed E-state index contributed by atoms with van der Waals surface area (Å²) in [6, 6.07) is 0. The number of primary sulfonamides is 1. The minimum absolute atomic E-state index is 0.197. The fourth-order valence-electron chi connectivity index (χ4n) is 2.06. The molecule has 4 heteroatoms. The van der Waals surface area contributed by atoms with Crippen LogP contribution in [0.15, 0.2) is 0 Å². The van der Waals surface area contributed by atoms with Crippen LogP contribution in [0.25, 0.3) is 0 Å². The maximum absolute atomic E-state index is 10.8. The second kappa shape index (κ2) is 1.74. The van der Waals surface area contributed by atoms with Crippen molar-refractivity contribution < 1.29 is 8.42 Å². The molecule has 0 aromatic rings. The summed E-state index contributed by atoms with van der Waals surface area (Å²) in [6.07, 6.45) is 2.97. The molecule has 3 unspecified atom stereocenters. The van der Waals surface area contributed by atoms with Crippen LogP contribution in [0, 0.1) is 11.8 Å². The summed E-state index contributed by atoms with van der Waals surface area (Å²) >= 11 is 0. The number of sulfonamides is 1. The van der Waals surface area contributed by atoms with Crippen LogP contribution >= 0.6 is 0 Å². The van der Waals surface area contributed by atoms with Crippen LogP contribution in [0.1, 0.15) is 19.3 Å². The Kier molecular flexibility index (Phi) is 1.15. The maximum Gasteiger partial charge on any atom is 0.212 e. The summed E-state index contributed by atoms with van der Waals surface area (Å²) in [5.74, 6) is 1.12. The first-order valence-corrected chi connectivity index (χ1v) is 5.21. The quantitative estimate of drug-likeness (QED) is 0.591. The number of hydrogen-bond donors (Lipinski definition) is 1. The van der Waals surface area contributed by atoms with Crippen molar-refractivity contribution in [2.45, 2.75) is 24.5 Å². The van der Waals surface area contributed by atoms with E-state index in [1.807, 2.05) is 0 Å². The second-order valence-corrected chi connectivity index (χ2v) is 5.15. The first kappa shape index (κ1) is 6.61. The monoisotopic (exact) mass is 161 g/mol. The van der Waals surface area contributed by atoms with Gasteiger partial charge in [-0.15, -0.1) is 0 Å². The van der Waals surface area contributed by atoms with Crippen LogP contribution in [0.2, 0.25) is 0 Å². The van der Waals surface area contributed by atoms with Gasteiger partial charge in [0.2, 0.25) is 10.0 Å². The standard InChI is InChI=1S/C6H11NO2S/c7-10(8,9)6-2-1-4-3-5(4)6/h4-6H,1-3H2,(H2,7,8,9). The zero-order valence-corrected chi connectivity index (χ0v) is 6.47. The van der Waals surface area contributed by atoms with E-state index in [9.17, 15) is 8.42 Å². The Balaban J connectivity index is 2.20. The van der Waals surface area contributed by atoms with Crippen LogP contribution in [-0.4, -0.2) is 13.7 Å². The summed E-state index contributed by atoms with van der Waals surface area (Å²) < 4.78 is 21.7. The molecule has 0 aromatic heterocycles. The van der Waals surface area contributed by atoms with E-state index in [0.29, 0.717) is 11.8 Å². The van der Waals surface area contributed by atoms with E-state index in [0.717, 1.165) is 19.3 Å². The molecule has 0 saturated heterocycles. The van der Waals surface area contributed by atoms with E-state index < -0.39 is 10.0 Å². The molecule has 2 aliphatic rings. The molecule has 0 bridgehead atoms. The third-order valence-corrected chi connectivity index (χ3v) is 4.13. The SMILES string of the molecule is NS(=O)(=O)C1CCC2CC21. The molecule has 58 valence electrons. The summed E-state index contributed by atoms with van der Waals surface area (Å²) in [4.78, 5) is 0. The second-order valence-electron chi connectivity index (χ2n) is 3.36. The molecule has 0 aromatic carbocycles. The van der Waals surface area contributed by atoms with Gasteiger partial charge in [0.05, 0.1) is 5.25 Å². The van der Waals surface area contributed by atoms with Crippen molar-refractivity contribution >= 4 is 10.0 Å². The van der Waals surface area contributed by atoms with Gasteiger partial charge in [0.1, 0.15) is 0 Å². The zero-order valence-electron chi connectivity index (χ0n) is 5.66. The number of nitrogens with two attached hydrogens (primary N) is 1. The van der Waals surface area contributed by atoms with Crippen molar-refractivity contribution in [1.29, 1.82) is 0 Å². The summed E-state index contributed by atoms with van der Waals surface area (Å²) in [7, 11) is -3.21. The molecule has 2 rings (SSSR count). The highest BCUT2D eigenvalue weighted by molar-refractivity contribution is 7.89. The minimum Gasteiger partial charge on any atom is -0.228 e. The molecule has 2 aliphatic carbocycles. The molecule has 0 heterocycles. The molecule has 0 spiro atoms. The van der Waals surface area contributed by atoms with E-state index in [4.69, 9.17) is 5.14 Å². The lowest BCUT2D eigenvalue weighted by Gasteiger charge is -2.06. The highest BCUT2D eigenvalue weighted by Gasteiger charge is 2.52. The Hall–Kier alpha value is -0.0900. The Labute approximate surface area is 60.7 Å². The molecule has 0 amide bonds. The minimum atomic E-state index is -3.21. The van der Waals surface area contributed by atoms with Gasteiger partial charge >= 0.3 is 0 Å². The van der Waals surface area contributed by atoms with Crippen LogP contribution < -0.4 is 5.14 Å². The smallest absolute Gasteiger partial charge is 0.212 e. The van der Waals surface area contributed by atoms with E-state index in [1.165, 1.54) is 0 Å². The molecule has 0 aliphatic heterocycles. The van der Waals surface area contributed by atoms with Crippen LogP contribution in [0.3, 0.4) is 0 Å². The van der Waals surface area contributed by atoms with Crippen LogP contribution in [-0.2, 0) is 10.0 Å². The fourth-order valence-corrected chi connectivity index (χ4v) is 3.34. The Bertz CT molecular complexity index is 246. The normalized spacial score (nSPS) is 45.1. The third-order valence-electron chi connectivity index (χ3n) is 2.70. The number of fused-ring (bicyclic) bond motifs is 1. The van der Waals surface area contributed by atoms with Gasteiger partial charge in [-0.1, -0.05) is 0 Å². The van der Waals surface area contributed by atoms with Crippen LogP contribution in [0.4, 0.5) is 0 Å². The van der Waals surface area contributed by atoms with Crippen LogP contribution in [0.5, 0.6) is 0 Å². The predicted octanol–water partition coefficient (Wildman–Crippen LogP) is 0.0734. The van der Waals surface area contributed by atoms with E-state index in [2.05, 4.69) is 0 Å². The fraction of sp³-hybridized carbons (Fsp3) is 1.00. The van der Waals surface area contributed by atoms with Crippen molar-refractivity contribution in [3.8, 4) is 0 Å². The summed E-state index contributed by atoms with van der Waals surface area (Å²) in [5.41, 5.74) is 0. The highest BCUT2D eigenvalue weighted by atomic mass is 32.2. The Morgan fingerprint density at radius 1 is 1.30 bits per heavy atom. The topological polar surface area (TPSA) is 60.2 Å². The molecular formula is C6H11NO2S. The molecule has 3 nitrogen and oxygen atoms in total. The third kappa shape index (κ3) is 0.864. The zero-order chi connectivity index (χ0) is 7.35. The van der Waals surface area contributed by atoms with Crippen molar-refractivity contribution in [1.82, 2.24) is 0 Å². The highest BCUT2D eigenvalue weighted by Crippen LogP contribution is 2.53. The Morgan fingerprint density at radius 3 is 2.20 bits per heavy atom. The van der Waals surface area contributed by atoms with Gasteiger partial charge in [-0.3, -0.25) is 0 Å². The lowest BCUT2D eigenvalue weighted by molar-refractivity contribution is 0.571. The van der Waals surface area contributed by atoms with Gasteiger partial charge < -0.3 is 0 Å². The lowest BCUT2D eigenvalue weighted by Crippen LogP contribution is -2.28. The first-order valence-electron chi connectivity index (χ1n) is 3.60. The van der Waals surface area contributed by atoms with E-state index >= 15 is 0 Å². The molecule has 0 radical (unpaired) electrons. The first-order chi connectivity index (χ1) is 4.59. The van der Waals surface area contributed by atoms with Gasteiger partial charge in [-0.25, -0.2) is 13.6 Å². The molecule has 3 atom stereocenters. The predicted molar refractivity (Wildman–Crippen MR) is 37.7 cm³/mol. The molecular weight excluding hydrogens is 150 g/mol. The van der Waals surface area contributed by atoms with Gasteiger partial charge in [0.15, 0.2) is 0 Å². The van der Waals surface area contributed by atoms with Gasteiger partial charge in [0.25, 0.3) is 0 Å². The average Bonchev–Trinajstić information content (AvgIpc) is 2.40. The van der Waals surface area contributed by atoms with Crippen molar-refractivity contribution in [2.24, 2.45) is 17.0 Å². The van der Waals surface area contributed by atoms with Gasteiger partial charge in [-0.05, 0) is 31.1 Å². The molecule has 2 fully saturated rings. The van der Waals surface area contributed by atoms with Gasteiger partial charge in [0, 0.05) is 0 Å². The number of hydrogen-bond acceptors (Lipinski definition) is 2. The largest absolute Gasteiger partial charge is 0.228 e. The molecule has 2 N–H and O–H groups in total. The van der Waals surface area contributed by atoms with E-state index in [-0.39, 0.29) is 5.25 Å². The van der Waals surface area contributed by atoms with Crippen molar-refractivity contribution in [3.63, 3.8) is 0 Å². The number of rotatable bonds is 1. The lowest BCUT2D eigenvalue weighted by atomic mass is 10.2. The molecule has 2 saturated carbocycles. The Morgan fingerprint density at radius 2 is 2.00 bits per heavy atom. The summed E-state index contributed by atoms with van der Waals surface area (Å²) in [5, 5.41) is 4.83. The summed E-state index contributed by atoms with van der Waals surface area (Å²) in [6.45, 7) is 0. The average molecular weight is 161 g/mol. The maximum atomic E-state index is 10.8. The van der Waals surface area contributed by atoms with E-state index in [1.54, 1.807) is 0 Å².